The van der Waals surface area contributed by atoms with Crippen LogP contribution in [0.15, 0.2) is 18.7 Å². The molecular weight excluding hydrogens is 232 g/mol. The van der Waals surface area contributed by atoms with Gasteiger partial charge in [-0.05, 0) is 5.92 Å². The van der Waals surface area contributed by atoms with Gasteiger partial charge in [0, 0.05) is 32.0 Å². The van der Waals surface area contributed by atoms with Gasteiger partial charge in [-0.3, -0.25) is 9.69 Å². The predicted octanol–water partition coefficient (Wildman–Crippen LogP) is 0.803. The van der Waals surface area contributed by atoms with Crippen molar-refractivity contribution in [3.63, 3.8) is 0 Å². The second-order valence-electron chi connectivity index (χ2n) is 4.90. The molecule has 3 amide bonds. The highest BCUT2D eigenvalue weighted by molar-refractivity contribution is 6.01. The molecule has 2 heterocycles. The lowest BCUT2D eigenvalue weighted by Gasteiger charge is -2.18. The topological polar surface area (TPSA) is 58.4 Å². The van der Waals surface area contributed by atoms with Crippen LogP contribution in [0.2, 0.25) is 0 Å². The number of aromatic nitrogens is 2. The Balaban J connectivity index is 1.92. The van der Waals surface area contributed by atoms with Crippen molar-refractivity contribution >= 4 is 11.9 Å². The third-order valence-electron chi connectivity index (χ3n) is 2.86. The summed E-state index contributed by atoms with van der Waals surface area (Å²) in [5.41, 5.74) is 0. The lowest BCUT2D eigenvalue weighted by atomic mass is 10.2. The molecule has 0 radical (unpaired) electrons. The summed E-state index contributed by atoms with van der Waals surface area (Å²) in [6.45, 7) is 5.90. The Labute approximate surface area is 106 Å². The number of imidazole rings is 1. The Hall–Kier alpha value is -1.85. The van der Waals surface area contributed by atoms with Crippen molar-refractivity contribution in [3.05, 3.63) is 18.7 Å². The van der Waals surface area contributed by atoms with Crippen LogP contribution in [0.3, 0.4) is 0 Å². The molecule has 0 aromatic carbocycles. The Bertz CT molecular complexity index is 427. The number of hydrogen-bond acceptors (Lipinski definition) is 3. The van der Waals surface area contributed by atoms with E-state index < -0.39 is 0 Å². The Morgan fingerprint density at radius 2 is 2.11 bits per heavy atom. The quantitative estimate of drug-likeness (QED) is 0.726. The van der Waals surface area contributed by atoms with Crippen molar-refractivity contribution in [2.24, 2.45) is 5.92 Å². The molecular formula is C12H18N4O2. The summed E-state index contributed by atoms with van der Waals surface area (Å²) in [6.07, 6.45) is 5.17. The molecule has 2 rings (SSSR count). The summed E-state index contributed by atoms with van der Waals surface area (Å²) >= 11 is 0. The summed E-state index contributed by atoms with van der Waals surface area (Å²) in [5, 5.41) is 0. The summed E-state index contributed by atoms with van der Waals surface area (Å²) in [5.74, 6) is 0.260. The minimum atomic E-state index is -0.172. The van der Waals surface area contributed by atoms with Crippen LogP contribution in [0.4, 0.5) is 4.79 Å². The Morgan fingerprint density at radius 1 is 1.33 bits per heavy atom. The van der Waals surface area contributed by atoms with Crippen LogP contribution < -0.4 is 0 Å². The molecule has 1 aliphatic rings. The molecule has 1 aromatic rings. The van der Waals surface area contributed by atoms with Crippen LogP contribution in [-0.2, 0) is 11.3 Å². The number of imide groups is 1. The second kappa shape index (κ2) is 5.20. The summed E-state index contributed by atoms with van der Waals surface area (Å²) in [6, 6.07) is -0.172. The molecule has 0 unspecified atom stereocenters. The van der Waals surface area contributed by atoms with E-state index in [1.165, 1.54) is 4.90 Å². The van der Waals surface area contributed by atoms with Crippen molar-refractivity contribution < 1.29 is 9.59 Å². The van der Waals surface area contributed by atoms with Crippen molar-refractivity contribution in [2.45, 2.75) is 20.4 Å². The zero-order chi connectivity index (χ0) is 13.1. The minimum absolute atomic E-state index is 0.110. The van der Waals surface area contributed by atoms with Crippen molar-refractivity contribution in [1.82, 2.24) is 19.4 Å². The van der Waals surface area contributed by atoms with Gasteiger partial charge in [-0.2, -0.15) is 0 Å². The number of urea groups is 1. The molecule has 1 fully saturated rings. The molecule has 0 spiro atoms. The third kappa shape index (κ3) is 2.69. The lowest BCUT2D eigenvalue weighted by molar-refractivity contribution is -0.125. The zero-order valence-electron chi connectivity index (χ0n) is 10.7. The van der Waals surface area contributed by atoms with Crippen LogP contribution in [0, 0.1) is 5.92 Å². The molecule has 18 heavy (non-hydrogen) atoms. The van der Waals surface area contributed by atoms with E-state index in [2.05, 4.69) is 4.98 Å². The first kappa shape index (κ1) is 12.6. The van der Waals surface area contributed by atoms with Gasteiger partial charge in [-0.25, -0.2) is 9.78 Å². The standard InChI is InChI=1S/C12H18N4O2/c1-10(2)7-15-8-11(17)16(12(15)18)6-5-14-4-3-13-9-14/h3-4,9-10H,5-8H2,1-2H3. The maximum absolute atomic E-state index is 12.0. The summed E-state index contributed by atoms with van der Waals surface area (Å²) in [7, 11) is 0. The van der Waals surface area contributed by atoms with Gasteiger partial charge < -0.3 is 9.47 Å². The summed E-state index contributed by atoms with van der Waals surface area (Å²) < 4.78 is 1.85. The van der Waals surface area contributed by atoms with Gasteiger partial charge >= 0.3 is 6.03 Å². The zero-order valence-corrected chi connectivity index (χ0v) is 10.7. The van der Waals surface area contributed by atoms with E-state index in [9.17, 15) is 9.59 Å². The fraction of sp³-hybridized carbons (Fsp3) is 0.583. The SMILES string of the molecule is CC(C)CN1CC(=O)N(CCn2ccnc2)C1=O. The van der Waals surface area contributed by atoms with E-state index in [0.29, 0.717) is 25.6 Å². The van der Waals surface area contributed by atoms with Gasteiger partial charge in [0.2, 0.25) is 5.91 Å². The van der Waals surface area contributed by atoms with Crippen molar-refractivity contribution in [1.29, 1.82) is 0 Å². The maximum atomic E-state index is 12.0. The van der Waals surface area contributed by atoms with Crippen LogP contribution in [0.5, 0.6) is 0 Å². The first-order valence-corrected chi connectivity index (χ1v) is 6.13. The number of hydrogen-bond donors (Lipinski definition) is 0. The number of rotatable bonds is 5. The fourth-order valence-corrected chi connectivity index (χ4v) is 2.03. The normalized spacial score (nSPS) is 16.2. The number of carbonyl (C=O) groups excluding carboxylic acids is 2. The molecule has 6 heteroatoms. The van der Waals surface area contributed by atoms with Crippen LogP contribution in [0.1, 0.15) is 13.8 Å². The lowest BCUT2D eigenvalue weighted by Crippen LogP contribution is -2.36. The van der Waals surface area contributed by atoms with Gasteiger partial charge in [-0.1, -0.05) is 13.8 Å². The van der Waals surface area contributed by atoms with E-state index in [0.717, 1.165) is 0 Å². The average molecular weight is 250 g/mol. The molecule has 6 nitrogen and oxygen atoms in total. The van der Waals surface area contributed by atoms with Gasteiger partial charge in [0.1, 0.15) is 6.54 Å². The van der Waals surface area contributed by atoms with Crippen molar-refractivity contribution in [3.8, 4) is 0 Å². The van der Waals surface area contributed by atoms with E-state index in [4.69, 9.17) is 0 Å². The number of amides is 3. The van der Waals surface area contributed by atoms with Crippen LogP contribution >= 0.6 is 0 Å². The Kier molecular flexibility index (Phi) is 3.64. The molecule has 0 bridgehead atoms. The predicted molar refractivity (Wildman–Crippen MR) is 65.7 cm³/mol. The molecule has 98 valence electrons. The largest absolute Gasteiger partial charge is 0.336 e. The van der Waals surface area contributed by atoms with Gasteiger partial charge in [-0.15, -0.1) is 0 Å². The van der Waals surface area contributed by atoms with Crippen LogP contribution in [-0.4, -0.2) is 50.9 Å². The molecule has 1 saturated heterocycles. The van der Waals surface area contributed by atoms with Gasteiger partial charge in [0.25, 0.3) is 0 Å². The summed E-state index contributed by atoms with van der Waals surface area (Å²) in [4.78, 5) is 30.6. The van der Waals surface area contributed by atoms with E-state index in [-0.39, 0.29) is 18.5 Å². The van der Waals surface area contributed by atoms with E-state index in [1.54, 1.807) is 17.4 Å². The maximum Gasteiger partial charge on any atom is 0.327 e. The minimum Gasteiger partial charge on any atom is -0.336 e. The third-order valence-corrected chi connectivity index (χ3v) is 2.86. The average Bonchev–Trinajstić information content (AvgIpc) is 2.87. The molecule has 1 aliphatic heterocycles. The number of carbonyl (C=O) groups is 2. The van der Waals surface area contributed by atoms with Gasteiger partial charge in [0.15, 0.2) is 0 Å². The second-order valence-corrected chi connectivity index (χ2v) is 4.90. The highest BCUT2D eigenvalue weighted by Crippen LogP contribution is 2.12. The smallest absolute Gasteiger partial charge is 0.327 e. The highest BCUT2D eigenvalue weighted by atomic mass is 16.2. The highest BCUT2D eigenvalue weighted by Gasteiger charge is 2.35. The molecule has 1 aromatic heterocycles. The molecule has 0 aliphatic carbocycles. The number of nitrogens with zero attached hydrogens (tertiary/aromatic N) is 4. The van der Waals surface area contributed by atoms with Gasteiger partial charge in [0.05, 0.1) is 6.33 Å². The molecule has 0 saturated carbocycles. The monoisotopic (exact) mass is 250 g/mol. The first-order valence-electron chi connectivity index (χ1n) is 6.13. The molecule has 0 N–H and O–H groups in total. The van der Waals surface area contributed by atoms with Crippen molar-refractivity contribution in [2.75, 3.05) is 19.6 Å². The fourth-order valence-electron chi connectivity index (χ4n) is 2.03. The van der Waals surface area contributed by atoms with E-state index in [1.807, 2.05) is 24.6 Å². The first-order chi connectivity index (χ1) is 8.58. The Morgan fingerprint density at radius 3 is 2.72 bits per heavy atom. The van der Waals surface area contributed by atoms with Crippen LogP contribution in [0.25, 0.3) is 0 Å². The molecule has 0 atom stereocenters. The van der Waals surface area contributed by atoms with E-state index >= 15 is 0 Å².